The third kappa shape index (κ3) is 3.00. The van der Waals surface area contributed by atoms with E-state index in [1.165, 1.54) is 17.5 Å². The van der Waals surface area contributed by atoms with E-state index in [9.17, 15) is 14.1 Å². The standard InChI is InChI=1S/C14H18N2O3S2/c1-2-21(19)14-16-7-11(20-14)13(18)15-6-5-9-8-3-4-10(17)12(8)9/h7-9,12H,2-6H2,1H3,(H,15,18). The molecule has 2 aliphatic carbocycles. The van der Waals surface area contributed by atoms with Gasteiger partial charge in [0.15, 0.2) is 0 Å². The molecule has 4 atom stereocenters. The molecule has 0 spiro atoms. The number of aromatic nitrogens is 1. The fraction of sp³-hybridized carbons (Fsp3) is 0.643. The molecule has 0 aliphatic heterocycles. The predicted octanol–water partition coefficient (Wildman–Crippen LogP) is 1.62. The van der Waals surface area contributed by atoms with Crippen molar-refractivity contribution in [3.63, 3.8) is 0 Å². The third-order valence-electron chi connectivity index (χ3n) is 4.36. The van der Waals surface area contributed by atoms with E-state index in [-0.39, 0.29) is 11.8 Å². The minimum atomic E-state index is -1.11. The number of ketones is 1. The summed E-state index contributed by atoms with van der Waals surface area (Å²) in [6.45, 7) is 2.42. The summed E-state index contributed by atoms with van der Waals surface area (Å²) in [6.07, 6.45) is 4.14. The van der Waals surface area contributed by atoms with Gasteiger partial charge in [0, 0.05) is 30.1 Å². The van der Waals surface area contributed by atoms with Crippen LogP contribution in [0.25, 0.3) is 0 Å². The lowest BCUT2D eigenvalue weighted by molar-refractivity contribution is -0.119. The van der Waals surface area contributed by atoms with Gasteiger partial charge in [-0.3, -0.25) is 9.59 Å². The van der Waals surface area contributed by atoms with Crippen LogP contribution >= 0.6 is 11.3 Å². The number of Topliss-reactive ketones (excluding diaryl/α,β-unsaturated/α-hetero) is 1. The van der Waals surface area contributed by atoms with Crippen molar-refractivity contribution in [3.8, 4) is 0 Å². The van der Waals surface area contributed by atoms with Crippen LogP contribution < -0.4 is 5.32 Å². The summed E-state index contributed by atoms with van der Waals surface area (Å²) >= 11 is 0.0815. The van der Waals surface area contributed by atoms with Crippen molar-refractivity contribution >= 4 is 34.2 Å². The van der Waals surface area contributed by atoms with Gasteiger partial charge in [0.1, 0.15) is 16.4 Å². The first-order valence-electron chi connectivity index (χ1n) is 7.27. The second kappa shape index (κ2) is 6.06. The molecule has 114 valence electrons. The van der Waals surface area contributed by atoms with Crippen molar-refractivity contribution < 1.29 is 14.1 Å². The number of nitrogens with one attached hydrogen (secondary N) is 1. The largest absolute Gasteiger partial charge is 0.610 e. The van der Waals surface area contributed by atoms with Gasteiger partial charge in [-0.25, -0.2) is 0 Å². The Kier molecular flexibility index (Phi) is 4.33. The molecule has 1 amide bonds. The van der Waals surface area contributed by atoms with Crippen molar-refractivity contribution in [3.05, 3.63) is 11.1 Å². The van der Waals surface area contributed by atoms with Gasteiger partial charge in [0.05, 0.1) is 6.20 Å². The maximum Gasteiger partial charge on any atom is 0.302 e. The molecule has 1 heterocycles. The molecule has 0 saturated heterocycles. The Morgan fingerprint density at radius 2 is 2.43 bits per heavy atom. The second-order valence-electron chi connectivity index (χ2n) is 5.53. The van der Waals surface area contributed by atoms with Crippen LogP contribution in [0.5, 0.6) is 0 Å². The van der Waals surface area contributed by atoms with E-state index < -0.39 is 11.2 Å². The monoisotopic (exact) mass is 326 g/mol. The Hall–Kier alpha value is -0.920. The van der Waals surface area contributed by atoms with Gasteiger partial charge < -0.3 is 9.87 Å². The molecule has 4 unspecified atom stereocenters. The SMILES string of the molecule is CC[S+]([O-])c1ncc(C(=O)NCCC2C3CCC(=O)C23)s1. The molecular formula is C14H18N2O3S2. The first kappa shape index (κ1) is 15.0. The summed E-state index contributed by atoms with van der Waals surface area (Å²) in [5, 5.41) is 2.87. The molecule has 2 aliphatic rings. The maximum absolute atomic E-state index is 12.0. The van der Waals surface area contributed by atoms with Gasteiger partial charge in [-0.15, -0.1) is 0 Å². The molecule has 1 aromatic heterocycles. The van der Waals surface area contributed by atoms with E-state index >= 15 is 0 Å². The Morgan fingerprint density at radius 3 is 3.10 bits per heavy atom. The van der Waals surface area contributed by atoms with Crippen LogP contribution in [-0.4, -0.2) is 33.5 Å². The van der Waals surface area contributed by atoms with E-state index in [0.717, 1.165) is 19.3 Å². The fourth-order valence-corrected chi connectivity index (χ4v) is 5.19. The van der Waals surface area contributed by atoms with Crippen LogP contribution in [0.4, 0.5) is 0 Å². The van der Waals surface area contributed by atoms with Crippen molar-refractivity contribution in [2.75, 3.05) is 12.3 Å². The molecule has 21 heavy (non-hydrogen) atoms. The van der Waals surface area contributed by atoms with Crippen molar-refractivity contribution in [2.24, 2.45) is 17.8 Å². The number of thiazole rings is 1. The van der Waals surface area contributed by atoms with E-state index in [2.05, 4.69) is 10.3 Å². The molecule has 1 N–H and O–H groups in total. The average molecular weight is 326 g/mol. The fourth-order valence-electron chi connectivity index (χ4n) is 3.22. The van der Waals surface area contributed by atoms with Crippen LogP contribution in [0, 0.1) is 17.8 Å². The molecule has 1 aromatic rings. The lowest BCUT2D eigenvalue weighted by Crippen LogP contribution is -2.24. The number of carbonyl (C=O) groups is 2. The zero-order chi connectivity index (χ0) is 15.0. The second-order valence-corrected chi connectivity index (χ2v) is 8.47. The van der Waals surface area contributed by atoms with E-state index in [0.29, 0.717) is 39.1 Å². The van der Waals surface area contributed by atoms with Crippen molar-refractivity contribution in [2.45, 2.75) is 30.5 Å². The molecule has 2 saturated carbocycles. The van der Waals surface area contributed by atoms with Gasteiger partial charge in [-0.2, -0.15) is 4.98 Å². The van der Waals surface area contributed by atoms with E-state index in [4.69, 9.17) is 0 Å². The number of amides is 1. The van der Waals surface area contributed by atoms with Crippen LogP contribution in [-0.2, 0) is 16.0 Å². The summed E-state index contributed by atoms with van der Waals surface area (Å²) in [4.78, 5) is 28.0. The topological polar surface area (TPSA) is 82.1 Å². The van der Waals surface area contributed by atoms with Crippen LogP contribution in [0.2, 0.25) is 0 Å². The van der Waals surface area contributed by atoms with Gasteiger partial charge >= 0.3 is 4.34 Å². The highest BCUT2D eigenvalue weighted by molar-refractivity contribution is 7.93. The average Bonchev–Trinajstić information content (AvgIpc) is 2.83. The predicted molar refractivity (Wildman–Crippen MR) is 80.7 cm³/mol. The Morgan fingerprint density at radius 1 is 1.62 bits per heavy atom. The molecular weight excluding hydrogens is 308 g/mol. The molecule has 3 rings (SSSR count). The molecule has 0 aromatic carbocycles. The van der Waals surface area contributed by atoms with Gasteiger partial charge in [0.2, 0.25) is 0 Å². The number of fused-ring (bicyclic) bond motifs is 1. The van der Waals surface area contributed by atoms with Crippen molar-refractivity contribution in [1.82, 2.24) is 10.3 Å². The molecule has 0 radical (unpaired) electrons. The highest BCUT2D eigenvalue weighted by Crippen LogP contribution is 2.56. The van der Waals surface area contributed by atoms with Crippen LogP contribution in [0.3, 0.4) is 0 Å². The first-order valence-corrected chi connectivity index (χ1v) is 9.40. The summed E-state index contributed by atoms with van der Waals surface area (Å²) in [7, 11) is 0. The summed E-state index contributed by atoms with van der Waals surface area (Å²) < 4.78 is 12.1. The van der Waals surface area contributed by atoms with Gasteiger partial charge in [-0.05, 0) is 31.6 Å². The first-order chi connectivity index (χ1) is 10.1. The number of hydrogen-bond donors (Lipinski definition) is 1. The maximum atomic E-state index is 12.0. The summed E-state index contributed by atoms with van der Waals surface area (Å²) in [6, 6.07) is 0. The Balaban J connectivity index is 1.44. The normalized spacial score (nSPS) is 28.3. The summed E-state index contributed by atoms with van der Waals surface area (Å²) in [5.41, 5.74) is 0. The quantitative estimate of drug-likeness (QED) is 0.805. The van der Waals surface area contributed by atoms with Crippen LogP contribution in [0.1, 0.15) is 35.9 Å². The number of rotatable bonds is 6. The van der Waals surface area contributed by atoms with Gasteiger partial charge in [0.25, 0.3) is 5.91 Å². The number of hydrogen-bond acceptors (Lipinski definition) is 5. The minimum Gasteiger partial charge on any atom is -0.610 e. The molecule has 2 fully saturated rings. The number of carbonyl (C=O) groups excluding carboxylic acids is 2. The minimum absolute atomic E-state index is 0.163. The zero-order valence-electron chi connectivity index (χ0n) is 11.8. The molecule has 7 heteroatoms. The van der Waals surface area contributed by atoms with E-state index in [1.54, 1.807) is 0 Å². The Bertz CT molecular complexity index is 560. The van der Waals surface area contributed by atoms with E-state index in [1.807, 2.05) is 6.92 Å². The third-order valence-corrected chi connectivity index (χ3v) is 6.97. The highest BCUT2D eigenvalue weighted by Gasteiger charge is 2.56. The molecule has 5 nitrogen and oxygen atoms in total. The smallest absolute Gasteiger partial charge is 0.302 e. The van der Waals surface area contributed by atoms with Crippen molar-refractivity contribution in [1.29, 1.82) is 0 Å². The highest BCUT2D eigenvalue weighted by atomic mass is 32.2. The lowest BCUT2D eigenvalue weighted by Gasteiger charge is -2.04. The zero-order valence-corrected chi connectivity index (χ0v) is 13.5. The number of nitrogens with zero attached hydrogens (tertiary/aromatic N) is 1. The Labute approximate surface area is 130 Å². The van der Waals surface area contributed by atoms with Crippen LogP contribution in [0.15, 0.2) is 10.5 Å². The lowest BCUT2D eigenvalue weighted by atomic mass is 10.1. The summed E-state index contributed by atoms with van der Waals surface area (Å²) in [5.74, 6) is 2.10. The van der Waals surface area contributed by atoms with Gasteiger partial charge in [-0.1, -0.05) is 11.3 Å². The molecule has 0 bridgehead atoms.